The Bertz CT molecular complexity index is 506. The van der Waals surface area contributed by atoms with Crippen LogP contribution < -0.4 is 11.1 Å². The molecule has 7 heteroatoms. The summed E-state index contributed by atoms with van der Waals surface area (Å²) in [7, 11) is 0. The highest BCUT2D eigenvalue weighted by molar-refractivity contribution is 5.96. The van der Waals surface area contributed by atoms with Gasteiger partial charge in [-0.1, -0.05) is 6.42 Å². The lowest BCUT2D eigenvalue weighted by atomic mass is 10.2. The number of hydrogen-bond acceptors (Lipinski definition) is 5. The SMILES string of the molecule is Nc1nccnc1C(=O)NCCCN1CCCCCC1=O. The summed E-state index contributed by atoms with van der Waals surface area (Å²) < 4.78 is 0. The van der Waals surface area contributed by atoms with E-state index in [1.54, 1.807) is 0 Å². The van der Waals surface area contributed by atoms with E-state index in [2.05, 4.69) is 15.3 Å². The molecule has 7 nitrogen and oxygen atoms in total. The molecule has 0 radical (unpaired) electrons. The van der Waals surface area contributed by atoms with Gasteiger partial charge in [-0.15, -0.1) is 0 Å². The molecule has 0 aliphatic carbocycles. The number of anilines is 1. The summed E-state index contributed by atoms with van der Waals surface area (Å²) in [5.41, 5.74) is 5.73. The van der Waals surface area contributed by atoms with Crippen LogP contribution in [0.1, 0.15) is 42.6 Å². The van der Waals surface area contributed by atoms with Crippen LogP contribution in [0.2, 0.25) is 0 Å². The third-order valence-corrected chi connectivity index (χ3v) is 3.50. The summed E-state index contributed by atoms with van der Waals surface area (Å²) in [5.74, 6) is 0.0116. The second-order valence-electron chi connectivity index (χ2n) is 5.09. The molecule has 2 rings (SSSR count). The average Bonchev–Trinajstić information content (AvgIpc) is 2.68. The van der Waals surface area contributed by atoms with Gasteiger partial charge in [0.2, 0.25) is 5.91 Å². The minimum atomic E-state index is -0.331. The standard InChI is InChI=1S/C14H21N5O2/c15-13-12(16-7-8-17-13)14(21)18-6-4-10-19-9-3-1-2-5-11(19)20/h7-8H,1-6,9-10H2,(H2,15,17)(H,18,21). The summed E-state index contributed by atoms with van der Waals surface area (Å²) in [6.45, 7) is 1.98. The summed E-state index contributed by atoms with van der Waals surface area (Å²) in [6, 6.07) is 0. The fourth-order valence-electron chi connectivity index (χ4n) is 2.35. The van der Waals surface area contributed by atoms with E-state index in [1.165, 1.54) is 12.4 Å². The summed E-state index contributed by atoms with van der Waals surface area (Å²) in [4.78, 5) is 33.3. The van der Waals surface area contributed by atoms with Gasteiger partial charge in [-0.3, -0.25) is 9.59 Å². The second kappa shape index (κ2) is 7.56. The van der Waals surface area contributed by atoms with Crippen molar-refractivity contribution in [1.82, 2.24) is 20.2 Å². The molecule has 114 valence electrons. The van der Waals surface area contributed by atoms with Gasteiger partial charge in [0.15, 0.2) is 11.5 Å². The molecule has 1 saturated heterocycles. The van der Waals surface area contributed by atoms with E-state index in [-0.39, 0.29) is 23.3 Å². The average molecular weight is 291 g/mol. The van der Waals surface area contributed by atoms with E-state index in [9.17, 15) is 9.59 Å². The Kier molecular flexibility index (Phi) is 5.48. The Hall–Kier alpha value is -2.18. The number of nitrogen functional groups attached to an aromatic ring is 1. The largest absolute Gasteiger partial charge is 0.382 e. The quantitative estimate of drug-likeness (QED) is 0.773. The first-order valence-electron chi connectivity index (χ1n) is 7.31. The molecule has 0 unspecified atom stereocenters. The molecule has 1 aromatic rings. The smallest absolute Gasteiger partial charge is 0.273 e. The fourth-order valence-corrected chi connectivity index (χ4v) is 2.35. The number of carbonyl (C=O) groups excluding carboxylic acids is 2. The number of amides is 2. The Labute approximate surface area is 123 Å². The highest BCUT2D eigenvalue weighted by atomic mass is 16.2. The van der Waals surface area contributed by atoms with Crippen LogP contribution in [0.5, 0.6) is 0 Å². The zero-order valence-electron chi connectivity index (χ0n) is 12.0. The summed E-state index contributed by atoms with van der Waals surface area (Å²) >= 11 is 0. The normalized spacial score (nSPS) is 15.6. The molecule has 1 fully saturated rings. The van der Waals surface area contributed by atoms with Gasteiger partial charge in [0, 0.05) is 38.4 Å². The lowest BCUT2D eigenvalue weighted by Gasteiger charge is -2.20. The Morgan fingerprint density at radius 2 is 2.10 bits per heavy atom. The molecule has 2 heterocycles. The highest BCUT2D eigenvalue weighted by Crippen LogP contribution is 2.11. The van der Waals surface area contributed by atoms with Gasteiger partial charge >= 0.3 is 0 Å². The number of likely N-dealkylation sites (tertiary alicyclic amines) is 1. The van der Waals surface area contributed by atoms with E-state index in [0.29, 0.717) is 19.5 Å². The topological polar surface area (TPSA) is 101 Å². The molecule has 3 N–H and O–H groups in total. The van der Waals surface area contributed by atoms with Gasteiger partial charge in [-0.2, -0.15) is 0 Å². The van der Waals surface area contributed by atoms with Crippen LogP contribution >= 0.6 is 0 Å². The molecule has 1 aromatic heterocycles. The van der Waals surface area contributed by atoms with E-state index < -0.39 is 0 Å². The van der Waals surface area contributed by atoms with Crippen molar-refractivity contribution in [2.24, 2.45) is 0 Å². The molecule has 21 heavy (non-hydrogen) atoms. The second-order valence-corrected chi connectivity index (χ2v) is 5.09. The first kappa shape index (κ1) is 15.2. The molecule has 0 spiro atoms. The van der Waals surface area contributed by atoms with Crippen molar-refractivity contribution in [1.29, 1.82) is 0 Å². The number of aromatic nitrogens is 2. The predicted molar refractivity (Wildman–Crippen MR) is 78.4 cm³/mol. The van der Waals surface area contributed by atoms with Gasteiger partial charge in [0.25, 0.3) is 5.91 Å². The van der Waals surface area contributed by atoms with Gasteiger partial charge in [0.05, 0.1) is 0 Å². The number of nitrogens with two attached hydrogens (primary N) is 1. The maximum atomic E-state index is 11.9. The molecule has 1 aliphatic rings. The van der Waals surface area contributed by atoms with Crippen molar-refractivity contribution in [3.8, 4) is 0 Å². The van der Waals surface area contributed by atoms with E-state index in [4.69, 9.17) is 5.73 Å². The van der Waals surface area contributed by atoms with Crippen molar-refractivity contribution in [3.05, 3.63) is 18.1 Å². The molecule has 0 aromatic carbocycles. The maximum absolute atomic E-state index is 11.9. The number of nitrogens with zero attached hydrogens (tertiary/aromatic N) is 3. The van der Waals surface area contributed by atoms with E-state index >= 15 is 0 Å². The van der Waals surface area contributed by atoms with Crippen LogP contribution in [0.15, 0.2) is 12.4 Å². The van der Waals surface area contributed by atoms with Crippen LogP contribution in [0.25, 0.3) is 0 Å². The van der Waals surface area contributed by atoms with Crippen molar-refractivity contribution >= 4 is 17.6 Å². The minimum absolute atomic E-state index is 0.123. The van der Waals surface area contributed by atoms with Crippen LogP contribution in [0.3, 0.4) is 0 Å². The molecule has 1 aliphatic heterocycles. The fraction of sp³-hybridized carbons (Fsp3) is 0.571. The Balaban J connectivity index is 1.73. The van der Waals surface area contributed by atoms with Gasteiger partial charge in [0.1, 0.15) is 0 Å². The lowest BCUT2D eigenvalue weighted by Crippen LogP contribution is -2.34. The first-order chi connectivity index (χ1) is 10.2. The van der Waals surface area contributed by atoms with Crippen molar-refractivity contribution in [2.75, 3.05) is 25.4 Å². The summed E-state index contributed by atoms with van der Waals surface area (Å²) in [5, 5.41) is 2.75. The Morgan fingerprint density at radius 3 is 2.90 bits per heavy atom. The van der Waals surface area contributed by atoms with Crippen molar-refractivity contribution in [3.63, 3.8) is 0 Å². The van der Waals surface area contributed by atoms with Crippen LogP contribution in [0.4, 0.5) is 5.82 Å². The van der Waals surface area contributed by atoms with Crippen molar-refractivity contribution < 1.29 is 9.59 Å². The molecular formula is C14H21N5O2. The van der Waals surface area contributed by atoms with Gasteiger partial charge in [-0.25, -0.2) is 9.97 Å². The number of hydrogen-bond donors (Lipinski definition) is 2. The number of rotatable bonds is 5. The van der Waals surface area contributed by atoms with E-state index in [0.717, 1.165) is 32.2 Å². The molecule has 0 atom stereocenters. The Morgan fingerprint density at radius 1 is 1.29 bits per heavy atom. The van der Waals surface area contributed by atoms with Crippen LogP contribution in [-0.2, 0) is 4.79 Å². The third kappa shape index (κ3) is 4.40. The first-order valence-corrected chi connectivity index (χ1v) is 7.31. The number of carbonyl (C=O) groups is 2. The number of nitrogens with one attached hydrogen (secondary N) is 1. The van der Waals surface area contributed by atoms with Crippen molar-refractivity contribution in [2.45, 2.75) is 32.1 Å². The summed E-state index contributed by atoms with van der Waals surface area (Å²) in [6.07, 6.45) is 7.40. The minimum Gasteiger partial charge on any atom is -0.382 e. The lowest BCUT2D eigenvalue weighted by molar-refractivity contribution is -0.130. The zero-order valence-corrected chi connectivity index (χ0v) is 12.0. The third-order valence-electron chi connectivity index (χ3n) is 3.50. The zero-order chi connectivity index (χ0) is 15.1. The highest BCUT2D eigenvalue weighted by Gasteiger charge is 2.16. The molecular weight excluding hydrogens is 270 g/mol. The van der Waals surface area contributed by atoms with Gasteiger partial charge < -0.3 is 16.0 Å². The van der Waals surface area contributed by atoms with Crippen LogP contribution in [0, 0.1) is 0 Å². The van der Waals surface area contributed by atoms with Gasteiger partial charge in [-0.05, 0) is 19.3 Å². The van der Waals surface area contributed by atoms with E-state index in [1.807, 2.05) is 4.90 Å². The molecule has 2 amide bonds. The predicted octanol–water partition coefficient (Wildman–Crippen LogP) is 0.581. The molecule has 0 bridgehead atoms. The monoisotopic (exact) mass is 291 g/mol. The molecule has 0 saturated carbocycles. The maximum Gasteiger partial charge on any atom is 0.273 e. The van der Waals surface area contributed by atoms with Crippen LogP contribution in [-0.4, -0.2) is 46.3 Å².